The van der Waals surface area contributed by atoms with Crippen LogP contribution in [0, 0.1) is 0 Å². The van der Waals surface area contributed by atoms with Gasteiger partial charge in [-0.05, 0) is 25.7 Å². The van der Waals surface area contributed by atoms with E-state index >= 15 is 0 Å². The highest BCUT2D eigenvalue weighted by Gasteiger charge is 2.27. The van der Waals surface area contributed by atoms with Crippen LogP contribution in [0.1, 0.15) is 39.5 Å². The number of hydrogen-bond donors (Lipinski definition) is 1. The highest BCUT2D eigenvalue weighted by atomic mass is 16.5. The van der Waals surface area contributed by atoms with E-state index in [9.17, 15) is 0 Å². The normalized spacial score (nSPS) is 34.1. The Bertz CT molecular complexity index is 116. The minimum absolute atomic E-state index is 0.256. The van der Waals surface area contributed by atoms with Crippen LogP contribution < -0.4 is 5.73 Å². The van der Waals surface area contributed by atoms with Gasteiger partial charge in [-0.2, -0.15) is 0 Å². The summed E-state index contributed by atoms with van der Waals surface area (Å²) in [4.78, 5) is 0. The Morgan fingerprint density at radius 1 is 1.45 bits per heavy atom. The SMILES string of the molecule is CCC1CCC(C(N)CC)O1. The summed E-state index contributed by atoms with van der Waals surface area (Å²) in [6, 6.07) is 0.256. The van der Waals surface area contributed by atoms with E-state index in [2.05, 4.69) is 13.8 Å². The monoisotopic (exact) mass is 157 g/mol. The molecule has 0 bridgehead atoms. The Kier molecular flexibility index (Phi) is 3.34. The second-order valence-corrected chi connectivity index (χ2v) is 3.35. The van der Waals surface area contributed by atoms with Gasteiger partial charge in [0.15, 0.2) is 0 Å². The summed E-state index contributed by atoms with van der Waals surface area (Å²) in [5.74, 6) is 0. The van der Waals surface area contributed by atoms with Crippen LogP contribution in [0.4, 0.5) is 0 Å². The van der Waals surface area contributed by atoms with Crippen LogP contribution in [0.15, 0.2) is 0 Å². The maximum atomic E-state index is 5.87. The van der Waals surface area contributed by atoms with E-state index in [1.165, 1.54) is 6.42 Å². The average molecular weight is 157 g/mol. The Morgan fingerprint density at radius 2 is 2.18 bits per heavy atom. The quantitative estimate of drug-likeness (QED) is 0.676. The van der Waals surface area contributed by atoms with Gasteiger partial charge in [-0.3, -0.25) is 0 Å². The first-order valence-corrected chi connectivity index (χ1v) is 4.69. The van der Waals surface area contributed by atoms with Crippen molar-refractivity contribution >= 4 is 0 Å². The van der Waals surface area contributed by atoms with Crippen molar-refractivity contribution in [3.05, 3.63) is 0 Å². The molecule has 1 aliphatic heterocycles. The Labute approximate surface area is 69.1 Å². The number of rotatable bonds is 3. The summed E-state index contributed by atoms with van der Waals surface area (Å²) in [6.45, 7) is 4.29. The molecule has 3 unspecified atom stereocenters. The summed E-state index contributed by atoms with van der Waals surface area (Å²) in [7, 11) is 0. The fourth-order valence-electron chi connectivity index (χ4n) is 1.61. The van der Waals surface area contributed by atoms with E-state index in [4.69, 9.17) is 10.5 Å². The number of ether oxygens (including phenoxy) is 1. The molecule has 3 atom stereocenters. The molecule has 1 fully saturated rings. The van der Waals surface area contributed by atoms with Crippen LogP contribution in [0.25, 0.3) is 0 Å². The molecule has 0 aliphatic carbocycles. The van der Waals surface area contributed by atoms with Gasteiger partial charge in [0.05, 0.1) is 12.2 Å². The highest BCUT2D eigenvalue weighted by molar-refractivity contribution is 4.80. The Morgan fingerprint density at radius 3 is 2.64 bits per heavy atom. The third-order valence-corrected chi connectivity index (χ3v) is 2.54. The average Bonchev–Trinajstić information content (AvgIpc) is 2.50. The van der Waals surface area contributed by atoms with Crippen molar-refractivity contribution in [1.82, 2.24) is 0 Å². The van der Waals surface area contributed by atoms with Crippen molar-refractivity contribution in [2.24, 2.45) is 5.73 Å². The number of hydrogen-bond acceptors (Lipinski definition) is 2. The standard InChI is InChI=1S/C9H19NO/c1-3-7-5-6-9(11-7)8(10)4-2/h7-9H,3-6,10H2,1-2H3. The van der Waals surface area contributed by atoms with Gasteiger partial charge in [-0.25, -0.2) is 0 Å². The largest absolute Gasteiger partial charge is 0.373 e. The molecule has 1 heterocycles. The van der Waals surface area contributed by atoms with Crippen molar-refractivity contribution in [3.63, 3.8) is 0 Å². The molecular weight excluding hydrogens is 138 g/mol. The topological polar surface area (TPSA) is 35.2 Å². The minimum Gasteiger partial charge on any atom is -0.373 e. The van der Waals surface area contributed by atoms with Crippen molar-refractivity contribution in [2.45, 2.75) is 57.8 Å². The lowest BCUT2D eigenvalue weighted by Gasteiger charge is -2.17. The molecule has 0 aromatic rings. The van der Waals surface area contributed by atoms with Crippen molar-refractivity contribution in [2.75, 3.05) is 0 Å². The van der Waals surface area contributed by atoms with Gasteiger partial charge in [0.25, 0.3) is 0 Å². The summed E-state index contributed by atoms with van der Waals surface area (Å²) >= 11 is 0. The van der Waals surface area contributed by atoms with Crippen molar-refractivity contribution in [1.29, 1.82) is 0 Å². The van der Waals surface area contributed by atoms with Crippen LogP contribution >= 0.6 is 0 Å². The molecule has 1 rings (SSSR count). The molecule has 11 heavy (non-hydrogen) atoms. The fourth-order valence-corrected chi connectivity index (χ4v) is 1.61. The molecule has 0 amide bonds. The van der Waals surface area contributed by atoms with E-state index in [0.717, 1.165) is 19.3 Å². The third kappa shape index (κ3) is 2.17. The first-order chi connectivity index (χ1) is 5.27. The van der Waals surface area contributed by atoms with Crippen LogP contribution in [-0.2, 0) is 4.74 Å². The molecule has 2 heteroatoms. The lowest BCUT2D eigenvalue weighted by atomic mass is 10.1. The van der Waals surface area contributed by atoms with E-state index in [1.54, 1.807) is 0 Å². The van der Waals surface area contributed by atoms with E-state index in [-0.39, 0.29) is 6.04 Å². The molecule has 0 aromatic carbocycles. The van der Waals surface area contributed by atoms with Gasteiger partial charge in [0, 0.05) is 6.04 Å². The Balaban J connectivity index is 2.29. The second kappa shape index (κ2) is 4.07. The van der Waals surface area contributed by atoms with Crippen LogP contribution in [0.3, 0.4) is 0 Å². The molecule has 0 spiro atoms. The maximum absolute atomic E-state index is 5.87. The van der Waals surface area contributed by atoms with E-state index < -0.39 is 0 Å². The molecule has 0 aromatic heterocycles. The molecule has 66 valence electrons. The summed E-state index contributed by atoms with van der Waals surface area (Å²) < 4.78 is 5.74. The molecule has 0 saturated carbocycles. The molecular formula is C9H19NO. The van der Waals surface area contributed by atoms with Crippen LogP contribution in [0.5, 0.6) is 0 Å². The zero-order valence-electron chi connectivity index (χ0n) is 7.55. The number of nitrogens with two attached hydrogens (primary N) is 1. The van der Waals surface area contributed by atoms with E-state index in [0.29, 0.717) is 12.2 Å². The van der Waals surface area contributed by atoms with Gasteiger partial charge in [0.1, 0.15) is 0 Å². The van der Waals surface area contributed by atoms with Gasteiger partial charge in [0.2, 0.25) is 0 Å². The molecule has 2 N–H and O–H groups in total. The highest BCUT2D eigenvalue weighted by Crippen LogP contribution is 2.24. The molecule has 1 saturated heterocycles. The second-order valence-electron chi connectivity index (χ2n) is 3.35. The Hall–Kier alpha value is -0.0800. The minimum atomic E-state index is 0.256. The molecule has 2 nitrogen and oxygen atoms in total. The van der Waals surface area contributed by atoms with Crippen LogP contribution in [-0.4, -0.2) is 18.2 Å². The summed E-state index contributed by atoms with van der Waals surface area (Å²) in [5.41, 5.74) is 5.87. The zero-order chi connectivity index (χ0) is 8.27. The zero-order valence-corrected chi connectivity index (χ0v) is 7.55. The molecule has 1 aliphatic rings. The fraction of sp³-hybridized carbons (Fsp3) is 1.00. The first kappa shape index (κ1) is 9.01. The van der Waals surface area contributed by atoms with Crippen molar-refractivity contribution in [3.8, 4) is 0 Å². The predicted molar refractivity (Wildman–Crippen MR) is 46.5 cm³/mol. The van der Waals surface area contributed by atoms with Gasteiger partial charge in [-0.15, -0.1) is 0 Å². The molecule has 0 radical (unpaired) electrons. The smallest absolute Gasteiger partial charge is 0.0730 e. The lowest BCUT2D eigenvalue weighted by molar-refractivity contribution is 0.0284. The van der Waals surface area contributed by atoms with Crippen LogP contribution in [0.2, 0.25) is 0 Å². The van der Waals surface area contributed by atoms with Gasteiger partial charge in [-0.1, -0.05) is 13.8 Å². The van der Waals surface area contributed by atoms with Gasteiger partial charge < -0.3 is 10.5 Å². The summed E-state index contributed by atoms with van der Waals surface area (Å²) in [5, 5.41) is 0. The summed E-state index contributed by atoms with van der Waals surface area (Å²) in [6.07, 6.45) is 5.35. The third-order valence-electron chi connectivity index (χ3n) is 2.54. The lowest BCUT2D eigenvalue weighted by Crippen LogP contribution is -2.33. The van der Waals surface area contributed by atoms with E-state index in [1.807, 2.05) is 0 Å². The van der Waals surface area contributed by atoms with Crippen molar-refractivity contribution < 1.29 is 4.74 Å². The van der Waals surface area contributed by atoms with Gasteiger partial charge >= 0.3 is 0 Å². The maximum Gasteiger partial charge on any atom is 0.0730 e. The first-order valence-electron chi connectivity index (χ1n) is 4.69. The predicted octanol–water partition coefficient (Wildman–Crippen LogP) is 1.68.